The van der Waals surface area contributed by atoms with Crippen LogP contribution in [0.5, 0.6) is 11.5 Å². The first-order chi connectivity index (χ1) is 13.7. The number of nitro benzene ring substituents is 2. The van der Waals surface area contributed by atoms with Crippen molar-refractivity contribution < 1.29 is 20.1 Å². The highest BCUT2D eigenvalue weighted by molar-refractivity contribution is 5.56. The number of aryl methyl sites for hydroxylation is 2. The summed E-state index contributed by atoms with van der Waals surface area (Å²) in [7, 11) is 0. The molecule has 0 aliphatic carbocycles. The molecule has 0 radical (unpaired) electrons. The normalized spacial score (nSPS) is 10.8. The minimum atomic E-state index is -0.540. The maximum absolute atomic E-state index is 11.2. The second-order valence-electron chi connectivity index (χ2n) is 7.24. The number of nitro groups is 2. The lowest BCUT2D eigenvalue weighted by Crippen LogP contribution is -2.00. The molecule has 8 nitrogen and oxygen atoms in total. The summed E-state index contributed by atoms with van der Waals surface area (Å²) in [5.74, 6) is -0.614. The van der Waals surface area contributed by atoms with E-state index in [2.05, 4.69) is 0 Å². The van der Waals surface area contributed by atoms with Crippen molar-refractivity contribution in [1.29, 1.82) is 0 Å². The number of hydrogen-bond donors (Lipinski definition) is 2. The summed E-state index contributed by atoms with van der Waals surface area (Å²) in [6.45, 7) is 3.60. The van der Waals surface area contributed by atoms with Gasteiger partial charge < -0.3 is 10.2 Å². The maximum atomic E-state index is 11.2. The van der Waals surface area contributed by atoms with E-state index in [0.29, 0.717) is 24.0 Å². The molecule has 0 heterocycles. The molecule has 0 aliphatic heterocycles. The van der Waals surface area contributed by atoms with E-state index in [-0.39, 0.29) is 22.9 Å². The van der Waals surface area contributed by atoms with Crippen LogP contribution in [0.15, 0.2) is 24.3 Å². The van der Waals surface area contributed by atoms with Crippen molar-refractivity contribution in [3.05, 3.63) is 66.7 Å². The van der Waals surface area contributed by atoms with E-state index in [1.807, 2.05) is 0 Å². The molecule has 8 heteroatoms. The molecule has 2 rings (SSSR count). The second kappa shape index (κ2) is 9.86. The van der Waals surface area contributed by atoms with Crippen LogP contribution in [0.4, 0.5) is 11.4 Å². The zero-order valence-corrected chi connectivity index (χ0v) is 16.7. The number of phenolic OH excluding ortho intramolecular Hbond substituents is 2. The molecule has 156 valence electrons. The lowest BCUT2D eigenvalue weighted by molar-refractivity contribution is -0.386. The molecule has 0 saturated heterocycles. The van der Waals surface area contributed by atoms with Gasteiger partial charge in [-0.05, 0) is 62.8 Å². The molecule has 0 aromatic heterocycles. The summed E-state index contributed by atoms with van der Waals surface area (Å²) >= 11 is 0. The Morgan fingerprint density at radius 1 is 0.690 bits per heavy atom. The van der Waals surface area contributed by atoms with Gasteiger partial charge in [0.1, 0.15) is 0 Å². The fourth-order valence-electron chi connectivity index (χ4n) is 3.62. The highest BCUT2D eigenvalue weighted by atomic mass is 16.6. The minimum Gasteiger partial charge on any atom is -0.502 e. The molecule has 29 heavy (non-hydrogen) atoms. The summed E-state index contributed by atoms with van der Waals surface area (Å²) < 4.78 is 0. The fourth-order valence-corrected chi connectivity index (χ4v) is 3.62. The van der Waals surface area contributed by atoms with Crippen molar-refractivity contribution in [3.8, 4) is 11.5 Å². The van der Waals surface area contributed by atoms with Crippen molar-refractivity contribution >= 4 is 11.4 Å². The van der Waals surface area contributed by atoms with Crippen molar-refractivity contribution in [3.63, 3.8) is 0 Å². The number of rotatable bonds is 10. The summed E-state index contributed by atoms with van der Waals surface area (Å²) in [5.41, 5.74) is 2.30. The third-order valence-corrected chi connectivity index (χ3v) is 5.21. The Morgan fingerprint density at radius 3 is 1.38 bits per heavy atom. The molecule has 0 spiro atoms. The highest BCUT2D eigenvalue weighted by Crippen LogP contribution is 2.34. The standard InChI is InChI=1S/C21H26N2O6/c1-14-10-12-18(24)20(22(26)27)16(14)8-6-4-3-5-7-9-17-15(2)11-13-19(25)21(17)23(28)29/h10-13,24-25H,3-9H2,1-2H3. The lowest BCUT2D eigenvalue weighted by Gasteiger charge is -2.09. The maximum Gasteiger partial charge on any atom is 0.314 e. The van der Waals surface area contributed by atoms with E-state index in [0.717, 1.165) is 43.2 Å². The van der Waals surface area contributed by atoms with E-state index in [1.54, 1.807) is 26.0 Å². The lowest BCUT2D eigenvalue weighted by atomic mass is 9.97. The van der Waals surface area contributed by atoms with Crippen LogP contribution in [-0.2, 0) is 12.8 Å². The third-order valence-electron chi connectivity index (χ3n) is 5.21. The number of phenols is 2. The van der Waals surface area contributed by atoms with Gasteiger partial charge >= 0.3 is 11.4 Å². The van der Waals surface area contributed by atoms with Crippen LogP contribution in [0.1, 0.15) is 54.4 Å². The van der Waals surface area contributed by atoms with Crippen molar-refractivity contribution in [1.82, 2.24) is 0 Å². The Hall–Kier alpha value is -3.16. The minimum absolute atomic E-state index is 0.211. The highest BCUT2D eigenvalue weighted by Gasteiger charge is 2.22. The zero-order valence-electron chi connectivity index (χ0n) is 16.7. The molecular weight excluding hydrogens is 376 g/mol. The number of unbranched alkanes of at least 4 members (excludes halogenated alkanes) is 4. The van der Waals surface area contributed by atoms with Crippen LogP contribution < -0.4 is 0 Å². The average Bonchev–Trinajstić information content (AvgIpc) is 2.65. The van der Waals surface area contributed by atoms with Gasteiger partial charge in [-0.1, -0.05) is 31.4 Å². The van der Waals surface area contributed by atoms with Crippen molar-refractivity contribution in [2.75, 3.05) is 0 Å². The van der Waals surface area contributed by atoms with Gasteiger partial charge in [-0.3, -0.25) is 20.2 Å². The largest absolute Gasteiger partial charge is 0.502 e. The fraction of sp³-hybridized carbons (Fsp3) is 0.429. The predicted molar refractivity (Wildman–Crippen MR) is 109 cm³/mol. The number of benzene rings is 2. The average molecular weight is 402 g/mol. The van der Waals surface area contributed by atoms with Gasteiger partial charge in [-0.25, -0.2) is 0 Å². The molecule has 0 amide bonds. The van der Waals surface area contributed by atoms with Crippen LogP contribution in [-0.4, -0.2) is 20.1 Å². The van der Waals surface area contributed by atoms with Crippen LogP contribution in [0.3, 0.4) is 0 Å². The summed E-state index contributed by atoms with van der Waals surface area (Å²) in [5, 5.41) is 41.9. The van der Waals surface area contributed by atoms with Crippen LogP contribution in [0.25, 0.3) is 0 Å². The molecule has 2 N–H and O–H groups in total. The van der Waals surface area contributed by atoms with E-state index >= 15 is 0 Å². The van der Waals surface area contributed by atoms with Gasteiger partial charge in [0, 0.05) is 11.1 Å². The topological polar surface area (TPSA) is 127 Å². The Balaban J connectivity index is 1.84. The van der Waals surface area contributed by atoms with Crippen LogP contribution in [0, 0.1) is 34.1 Å². The molecule has 0 aliphatic rings. The number of nitrogens with zero attached hydrogens (tertiary/aromatic N) is 2. The molecule has 2 aromatic carbocycles. The van der Waals surface area contributed by atoms with E-state index < -0.39 is 9.85 Å². The van der Waals surface area contributed by atoms with Gasteiger partial charge in [-0.15, -0.1) is 0 Å². The Bertz CT molecular complexity index is 837. The summed E-state index contributed by atoms with van der Waals surface area (Å²) in [6, 6.07) is 6.06. The molecule has 0 unspecified atom stereocenters. The van der Waals surface area contributed by atoms with Gasteiger partial charge in [0.05, 0.1) is 9.85 Å². The Labute approximate surface area is 169 Å². The van der Waals surface area contributed by atoms with Gasteiger partial charge in [0.15, 0.2) is 11.5 Å². The summed E-state index contributed by atoms with van der Waals surface area (Å²) in [6.07, 6.45) is 5.20. The second-order valence-corrected chi connectivity index (χ2v) is 7.24. The Morgan fingerprint density at radius 2 is 1.03 bits per heavy atom. The van der Waals surface area contributed by atoms with Crippen LogP contribution in [0.2, 0.25) is 0 Å². The van der Waals surface area contributed by atoms with Crippen molar-refractivity contribution in [2.45, 2.75) is 58.8 Å². The van der Waals surface area contributed by atoms with E-state index in [9.17, 15) is 30.4 Å². The predicted octanol–water partition coefficient (Wildman–Crippen LogP) is 5.27. The molecular formula is C21H26N2O6. The first-order valence-corrected chi connectivity index (χ1v) is 9.65. The first-order valence-electron chi connectivity index (χ1n) is 9.65. The monoisotopic (exact) mass is 402 g/mol. The quantitative estimate of drug-likeness (QED) is 0.317. The van der Waals surface area contributed by atoms with E-state index in [1.165, 1.54) is 12.1 Å². The Kier molecular flexibility index (Phi) is 7.52. The zero-order chi connectivity index (χ0) is 21.6. The molecule has 0 fully saturated rings. The van der Waals surface area contributed by atoms with Crippen LogP contribution >= 0.6 is 0 Å². The van der Waals surface area contributed by atoms with Gasteiger partial charge in [0.2, 0.25) is 0 Å². The molecule has 2 aromatic rings. The number of aromatic hydroxyl groups is 2. The summed E-state index contributed by atoms with van der Waals surface area (Å²) in [4.78, 5) is 21.3. The molecule has 0 bridgehead atoms. The third kappa shape index (κ3) is 5.43. The smallest absolute Gasteiger partial charge is 0.314 e. The van der Waals surface area contributed by atoms with Gasteiger partial charge in [-0.2, -0.15) is 0 Å². The van der Waals surface area contributed by atoms with E-state index in [4.69, 9.17) is 0 Å². The first kappa shape index (κ1) is 22.1. The SMILES string of the molecule is Cc1ccc(O)c([N+](=O)[O-])c1CCCCCCCc1c(C)ccc(O)c1[N+](=O)[O-]. The molecule has 0 saturated carbocycles. The molecule has 0 atom stereocenters. The van der Waals surface area contributed by atoms with Gasteiger partial charge in [0.25, 0.3) is 0 Å². The number of hydrogen-bond acceptors (Lipinski definition) is 6. The van der Waals surface area contributed by atoms with Crippen molar-refractivity contribution in [2.24, 2.45) is 0 Å².